The molecule has 1 atom stereocenters. The van der Waals surface area contributed by atoms with Gasteiger partial charge in [0, 0.05) is 26.5 Å². The molecule has 1 unspecified atom stereocenters. The van der Waals surface area contributed by atoms with Crippen LogP contribution in [0.1, 0.15) is 44.3 Å². The monoisotopic (exact) mass is 251 g/mol. The minimum absolute atomic E-state index is 0.397. The highest BCUT2D eigenvalue weighted by Gasteiger charge is 2.21. The molecule has 2 heterocycles. The summed E-state index contributed by atoms with van der Waals surface area (Å²) in [6.07, 6.45) is 6.76. The van der Waals surface area contributed by atoms with Crippen molar-refractivity contribution >= 4 is 0 Å². The van der Waals surface area contributed by atoms with Crippen molar-refractivity contribution < 1.29 is 4.74 Å². The largest absolute Gasteiger partial charge is 0.381 e. The highest BCUT2D eigenvalue weighted by atomic mass is 16.5. The van der Waals surface area contributed by atoms with Crippen LogP contribution in [0.5, 0.6) is 0 Å². The zero-order chi connectivity index (χ0) is 12.8. The number of hydrogen-bond donors (Lipinski definition) is 1. The van der Waals surface area contributed by atoms with Gasteiger partial charge in [0.25, 0.3) is 0 Å². The molecule has 1 aromatic heterocycles. The Balaban J connectivity index is 1.95. The molecule has 4 nitrogen and oxygen atoms in total. The number of nitrogens with zero attached hydrogens (tertiary/aromatic N) is 2. The lowest BCUT2D eigenvalue weighted by Gasteiger charge is -2.26. The van der Waals surface area contributed by atoms with E-state index >= 15 is 0 Å². The molecule has 0 aliphatic carbocycles. The van der Waals surface area contributed by atoms with Crippen molar-refractivity contribution in [3.8, 4) is 0 Å². The lowest BCUT2D eigenvalue weighted by Crippen LogP contribution is -2.27. The first-order valence-corrected chi connectivity index (χ1v) is 7.10. The predicted octanol–water partition coefficient (Wildman–Crippen LogP) is 2.28. The second-order valence-corrected chi connectivity index (χ2v) is 5.21. The van der Waals surface area contributed by atoms with Gasteiger partial charge in [0.15, 0.2) is 0 Å². The average molecular weight is 251 g/mol. The Kier molecular flexibility index (Phi) is 5.20. The molecule has 0 radical (unpaired) electrons. The lowest BCUT2D eigenvalue weighted by atomic mass is 9.91. The number of ether oxygens (including phenoxy) is 1. The molecule has 0 saturated carbocycles. The molecule has 0 spiro atoms. The van der Waals surface area contributed by atoms with Crippen LogP contribution in [0, 0.1) is 5.92 Å². The molecule has 0 aromatic carbocycles. The maximum atomic E-state index is 5.43. The van der Waals surface area contributed by atoms with Crippen molar-refractivity contribution in [2.75, 3.05) is 19.8 Å². The van der Waals surface area contributed by atoms with E-state index in [4.69, 9.17) is 4.74 Å². The Hall–Kier alpha value is -0.870. The summed E-state index contributed by atoms with van der Waals surface area (Å²) in [6, 6.07) is 2.53. The van der Waals surface area contributed by atoms with Crippen LogP contribution in [0.4, 0.5) is 0 Å². The molecule has 1 fully saturated rings. The van der Waals surface area contributed by atoms with Gasteiger partial charge in [-0.2, -0.15) is 5.10 Å². The first-order chi connectivity index (χ1) is 8.79. The molecule has 1 saturated heterocycles. The molecule has 1 N–H and O–H groups in total. The first-order valence-electron chi connectivity index (χ1n) is 7.10. The number of nitrogens with one attached hydrogen (secondary N) is 1. The van der Waals surface area contributed by atoms with Crippen molar-refractivity contribution in [1.82, 2.24) is 15.1 Å². The fourth-order valence-electron chi connectivity index (χ4n) is 2.56. The zero-order valence-corrected chi connectivity index (χ0v) is 11.6. The third-order valence-corrected chi connectivity index (χ3v) is 3.64. The van der Waals surface area contributed by atoms with Crippen LogP contribution in [0.15, 0.2) is 12.3 Å². The van der Waals surface area contributed by atoms with Crippen molar-refractivity contribution in [2.24, 2.45) is 13.0 Å². The van der Waals surface area contributed by atoms with Crippen LogP contribution < -0.4 is 5.32 Å². The summed E-state index contributed by atoms with van der Waals surface area (Å²) in [5.41, 5.74) is 1.18. The van der Waals surface area contributed by atoms with E-state index < -0.39 is 0 Å². The van der Waals surface area contributed by atoms with Crippen LogP contribution in [-0.2, 0) is 11.8 Å². The molecule has 1 aliphatic rings. The predicted molar refractivity (Wildman–Crippen MR) is 72.4 cm³/mol. The SMILES string of the molecule is CCCNC(CC1CCOCC1)c1ccn(C)n1. The summed E-state index contributed by atoms with van der Waals surface area (Å²) in [7, 11) is 1.98. The Morgan fingerprint density at radius 3 is 2.89 bits per heavy atom. The Bertz CT molecular complexity index is 345. The summed E-state index contributed by atoms with van der Waals surface area (Å²) in [4.78, 5) is 0. The van der Waals surface area contributed by atoms with Gasteiger partial charge in [-0.25, -0.2) is 0 Å². The van der Waals surface area contributed by atoms with E-state index in [0.717, 1.165) is 32.1 Å². The number of rotatable bonds is 6. The van der Waals surface area contributed by atoms with Crippen molar-refractivity contribution in [3.63, 3.8) is 0 Å². The number of aryl methyl sites for hydroxylation is 1. The van der Waals surface area contributed by atoms with Crippen LogP contribution in [0.25, 0.3) is 0 Å². The molecule has 102 valence electrons. The molecule has 1 aliphatic heterocycles. The quantitative estimate of drug-likeness (QED) is 0.843. The van der Waals surface area contributed by atoms with Crippen LogP contribution in [0.2, 0.25) is 0 Å². The van der Waals surface area contributed by atoms with Crippen molar-refractivity contribution in [3.05, 3.63) is 18.0 Å². The normalized spacial score (nSPS) is 19.0. The average Bonchev–Trinajstić information content (AvgIpc) is 2.82. The minimum atomic E-state index is 0.397. The first kappa shape index (κ1) is 13.6. The molecule has 4 heteroatoms. The highest BCUT2D eigenvalue weighted by molar-refractivity contribution is 5.05. The van der Waals surface area contributed by atoms with Gasteiger partial charge >= 0.3 is 0 Å². The maximum absolute atomic E-state index is 5.43. The second kappa shape index (κ2) is 6.90. The van der Waals surface area contributed by atoms with Gasteiger partial charge in [0.1, 0.15) is 0 Å². The van der Waals surface area contributed by atoms with E-state index in [1.807, 2.05) is 17.9 Å². The molecule has 0 bridgehead atoms. The fraction of sp³-hybridized carbons (Fsp3) is 0.786. The van der Waals surface area contributed by atoms with E-state index in [-0.39, 0.29) is 0 Å². The summed E-state index contributed by atoms with van der Waals surface area (Å²) < 4.78 is 7.32. The molecule has 1 aromatic rings. The number of aromatic nitrogens is 2. The van der Waals surface area contributed by atoms with Gasteiger partial charge in [0.05, 0.1) is 11.7 Å². The Morgan fingerprint density at radius 2 is 2.28 bits per heavy atom. The number of hydrogen-bond acceptors (Lipinski definition) is 3. The van der Waals surface area contributed by atoms with Crippen LogP contribution in [0.3, 0.4) is 0 Å². The topological polar surface area (TPSA) is 39.1 Å². The highest BCUT2D eigenvalue weighted by Crippen LogP contribution is 2.26. The van der Waals surface area contributed by atoms with Crippen LogP contribution in [-0.4, -0.2) is 29.5 Å². The molecule has 0 amide bonds. The summed E-state index contributed by atoms with van der Waals surface area (Å²) in [5, 5.41) is 8.18. The van der Waals surface area contributed by atoms with E-state index in [0.29, 0.717) is 6.04 Å². The van der Waals surface area contributed by atoms with Gasteiger partial charge in [-0.3, -0.25) is 4.68 Å². The minimum Gasteiger partial charge on any atom is -0.381 e. The van der Waals surface area contributed by atoms with Crippen LogP contribution >= 0.6 is 0 Å². The van der Waals surface area contributed by atoms with E-state index in [2.05, 4.69) is 23.4 Å². The third kappa shape index (κ3) is 3.82. The summed E-state index contributed by atoms with van der Waals surface area (Å²) in [5.74, 6) is 0.773. The summed E-state index contributed by atoms with van der Waals surface area (Å²) in [6.45, 7) is 5.11. The van der Waals surface area contributed by atoms with Crippen molar-refractivity contribution in [2.45, 2.75) is 38.6 Å². The van der Waals surface area contributed by atoms with E-state index in [1.54, 1.807) is 0 Å². The Morgan fingerprint density at radius 1 is 1.50 bits per heavy atom. The molecule has 18 heavy (non-hydrogen) atoms. The molecule has 2 rings (SSSR count). The lowest BCUT2D eigenvalue weighted by molar-refractivity contribution is 0.0603. The van der Waals surface area contributed by atoms with Gasteiger partial charge < -0.3 is 10.1 Å². The maximum Gasteiger partial charge on any atom is 0.0793 e. The second-order valence-electron chi connectivity index (χ2n) is 5.21. The standard InChI is InChI=1S/C14H25N3O/c1-3-7-15-14(13-4-8-17(2)16-13)11-12-5-9-18-10-6-12/h4,8,12,14-15H,3,5-7,9-11H2,1-2H3. The smallest absolute Gasteiger partial charge is 0.0793 e. The molecular weight excluding hydrogens is 226 g/mol. The van der Waals surface area contributed by atoms with Gasteiger partial charge in [-0.1, -0.05) is 6.92 Å². The Labute approximate surface area is 110 Å². The van der Waals surface area contributed by atoms with E-state index in [1.165, 1.54) is 25.0 Å². The summed E-state index contributed by atoms with van der Waals surface area (Å²) >= 11 is 0. The third-order valence-electron chi connectivity index (χ3n) is 3.64. The zero-order valence-electron chi connectivity index (χ0n) is 11.6. The molecular formula is C14H25N3O. The fourth-order valence-corrected chi connectivity index (χ4v) is 2.56. The van der Waals surface area contributed by atoms with Gasteiger partial charge in [-0.15, -0.1) is 0 Å². The van der Waals surface area contributed by atoms with Crippen molar-refractivity contribution in [1.29, 1.82) is 0 Å². The van der Waals surface area contributed by atoms with Gasteiger partial charge in [0.2, 0.25) is 0 Å². The van der Waals surface area contributed by atoms with E-state index in [9.17, 15) is 0 Å². The van der Waals surface area contributed by atoms with Gasteiger partial charge in [-0.05, 0) is 44.2 Å².